The van der Waals surface area contributed by atoms with Crippen LogP contribution in [0.5, 0.6) is 0 Å². The van der Waals surface area contributed by atoms with E-state index in [0.717, 1.165) is 28.8 Å². The summed E-state index contributed by atoms with van der Waals surface area (Å²) in [6, 6.07) is 2.02. The number of hydrazine groups is 1. The van der Waals surface area contributed by atoms with E-state index in [2.05, 4.69) is 56.9 Å². The lowest BCUT2D eigenvalue weighted by molar-refractivity contribution is 0.365. The van der Waals surface area contributed by atoms with Crippen LogP contribution in [-0.2, 0) is 6.54 Å². The van der Waals surface area contributed by atoms with Crippen LogP contribution in [0.3, 0.4) is 0 Å². The SMILES string of the molecule is CN(C)CCn1ncc(Br)c1C(NN)c1ccsc1. The van der Waals surface area contributed by atoms with Crippen LogP contribution in [0.2, 0.25) is 0 Å². The van der Waals surface area contributed by atoms with E-state index in [0.29, 0.717) is 0 Å². The molecule has 2 heterocycles. The molecule has 0 fully saturated rings. The molecule has 0 aromatic carbocycles. The van der Waals surface area contributed by atoms with Crippen molar-refractivity contribution in [3.05, 3.63) is 38.8 Å². The number of nitrogens with two attached hydrogens (primary N) is 1. The van der Waals surface area contributed by atoms with Gasteiger partial charge in [0.1, 0.15) is 0 Å². The van der Waals surface area contributed by atoms with Crippen molar-refractivity contribution >= 4 is 27.3 Å². The fourth-order valence-electron chi connectivity index (χ4n) is 1.90. The van der Waals surface area contributed by atoms with Gasteiger partial charge in [0, 0.05) is 6.54 Å². The number of rotatable bonds is 6. The van der Waals surface area contributed by atoms with Crippen molar-refractivity contribution < 1.29 is 0 Å². The van der Waals surface area contributed by atoms with E-state index in [1.54, 1.807) is 11.3 Å². The third-order valence-electron chi connectivity index (χ3n) is 2.91. The first-order valence-electron chi connectivity index (χ1n) is 5.97. The molecule has 0 spiro atoms. The van der Waals surface area contributed by atoms with Crippen LogP contribution >= 0.6 is 27.3 Å². The van der Waals surface area contributed by atoms with Crippen molar-refractivity contribution in [2.24, 2.45) is 5.84 Å². The second kappa shape index (κ2) is 6.62. The molecule has 2 aromatic rings. The first-order chi connectivity index (χ1) is 9.13. The molecule has 0 aliphatic heterocycles. The molecule has 0 aliphatic rings. The zero-order valence-electron chi connectivity index (χ0n) is 11.0. The highest BCUT2D eigenvalue weighted by Crippen LogP contribution is 2.29. The second-order valence-corrected chi connectivity index (χ2v) is 6.19. The average molecular weight is 344 g/mol. The zero-order valence-corrected chi connectivity index (χ0v) is 13.4. The minimum Gasteiger partial charge on any atom is -0.308 e. The largest absolute Gasteiger partial charge is 0.308 e. The van der Waals surface area contributed by atoms with Crippen LogP contribution in [-0.4, -0.2) is 35.3 Å². The second-order valence-electron chi connectivity index (χ2n) is 4.56. The lowest BCUT2D eigenvalue weighted by atomic mass is 10.1. The van der Waals surface area contributed by atoms with Gasteiger partial charge in [-0.2, -0.15) is 16.4 Å². The predicted molar refractivity (Wildman–Crippen MR) is 82.0 cm³/mol. The maximum absolute atomic E-state index is 5.73. The van der Waals surface area contributed by atoms with Gasteiger partial charge in [0.25, 0.3) is 0 Å². The molecule has 0 saturated heterocycles. The van der Waals surface area contributed by atoms with E-state index in [9.17, 15) is 0 Å². The summed E-state index contributed by atoms with van der Waals surface area (Å²) in [6.07, 6.45) is 1.82. The monoisotopic (exact) mass is 343 g/mol. The van der Waals surface area contributed by atoms with Crippen molar-refractivity contribution in [1.82, 2.24) is 20.1 Å². The van der Waals surface area contributed by atoms with Crippen LogP contribution in [0.1, 0.15) is 17.3 Å². The number of thiophene rings is 1. The smallest absolute Gasteiger partial charge is 0.0897 e. The van der Waals surface area contributed by atoms with Crippen molar-refractivity contribution in [2.75, 3.05) is 20.6 Å². The van der Waals surface area contributed by atoms with Gasteiger partial charge >= 0.3 is 0 Å². The van der Waals surface area contributed by atoms with E-state index in [4.69, 9.17) is 5.84 Å². The fourth-order valence-corrected chi connectivity index (χ4v) is 3.12. The third kappa shape index (κ3) is 3.43. The van der Waals surface area contributed by atoms with Gasteiger partial charge in [0.15, 0.2) is 0 Å². The maximum atomic E-state index is 5.73. The van der Waals surface area contributed by atoms with Gasteiger partial charge < -0.3 is 4.90 Å². The summed E-state index contributed by atoms with van der Waals surface area (Å²) in [4.78, 5) is 2.13. The quantitative estimate of drug-likeness (QED) is 0.620. The Morgan fingerprint density at radius 2 is 2.37 bits per heavy atom. The van der Waals surface area contributed by atoms with E-state index >= 15 is 0 Å². The lowest BCUT2D eigenvalue weighted by Crippen LogP contribution is -2.31. The molecule has 7 heteroatoms. The Morgan fingerprint density at radius 3 is 2.95 bits per heavy atom. The Bertz CT molecular complexity index is 508. The molecule has 0 bridgehead atoms. The van der Waals surface area contributed by atoms with Gasteiger partial charge in [-0.15, -0.1) is 0 Å². The number of nitrogens with zero attached hydrogens (tertiary/aromatic N) is 3. The molecular weight excluding hydrogens is 326 g/mol. The standard InChI is InChI=1S/C12H18BrN5S/c1-17(2)4-5-18-12(10(13)7-15-18)11(16-14)9-3-6-19-8-9/h3,6-8,11,16H,4-5,14H2,1-2H3. The highest BCUT2D eigenvalue weighted by atomic mass is 79.9. The van der Waals surface area contributed by atoms with E-state index in [-0.39, 0.29) is 6.04 Å². The summed E-state index contributed by atoms with van der Waals surface area (Å²) >= 11 is 5.22. The minimum atomic E-state index is -0.0507. The molecule has 1 unspecified atom stereocenters. The first-order valence-corrected chi connectivity index (χ1v) is 7.71. The van der Waals surface area contributed by atoms with Crippen molar-refractivity contribution in [1.29, 1.82) is 0 Å². The van der Waals surface area contributed by atoms with Crippen LogP contribution in [0, 0.1) is 0 Å². The third-order valence-corrected chi connectivity index (χ3v) is 4.22. The highest BCUT2D eigenvalue weighted by Gasteiger charge is 2.21. The molecule has 0 saturated carbocycles. The van der Waals surface area contributed by atoms with Gasteiger partial charge in [-0.3, -0.25) is 10.5 Å². The Hall–Kier alpha value is -0.730. The molecule has 1 atom stereocenters. The summed E-state index contributed by atoms with van der Waals surface area (Å²) in [5.74, 6) is 5.73. The molecular formula is C12H18BrN5S. The highest BCUT2D eigenvalue weighted by molar-refractivity contribution is 9.10. The predicted octanol–water partition coefficient (Wildman–Crippen LogP) is 1.82. The Kier molecular flexibility index (Phi) is 5.12. The zero-order chi connectivity index (χ0) is 13.8. The molecule has 2 aromatic heterocycles. The molecule has 0 amide bonds. The topological polar surface area (TPSA) is 59.1 Å². The molecule has 5 nitrogen and oxygen atoms in total. The summed E-state index contributed by atoms with van der Waals surface area (Å²) in [6.45, 7) is 1.76. The van der Waals surface area contributed by atoms with Gasteiger partial charge in [0.2, 0.25) is 0 Å². The number of hydrogen-bond donors (Lipinski definition) is 2. The summed E-state index contributed by atoms with van der Waals surface area (Å²) in [5, 5.41) is 8.56. The van der Waals surface area contributed by atoms with Gasteiger partial charge in [0.05, 0.1) is 29.0 Å². The molecule has 19 heavy (non-hydrogen) atoms. The van der Waals surface area contributed by atoms with Crippen molar-refractivity contribution in [2.45, 2.75) is 12.6 Å². The first kappa shape index (κ1) is 14.7. The Labute approximate surface area is 125 Å². The normalized spacial score (nSPS) is 13.1. The number of nitrogens with one attached hydrogen (secondary N) is 1. The van der Waals surface area contributed by atoms with Gasteiger partial charge in [-0.05, 0) is 52.4 Å². The molecule has 104 valence electrons. The summed E-state index contributed by atoms with van der Waals surface area (Å²) in [7, 11) is 4.10. The van der Waals surface area contributed by atoms with Gasteiger partial charge in [-0.25, -0.2) is 5.43 Å². The van der Waals surface area contributed by atoms with E-state index in [1.165, 1.54) is 0 Å². The number of hydrogen-bond acceptors (Lipinski definition) is 5. The Morgan fingerprint density at radius 1 is 1.58 bits per heavy atom. The van der Waals surface area contributed by atoms with Gasteiger partial charge in [-0.1, -0.05) is 0 Å². The maximum Gasteiger partial charge on any atom is 0.0897 e. The lowest BCUT2D eigenvalue weighted by Gasteiger charge is -2.19. The van der Waals surface area contributed by atoms with Crippen molar-refractivity contribution in [3.8, 4) is 0 Å². The number of aromatic nitrogens is 2. The summed E-state index contributed by atoms with van der Waals surface area (Å²) < 4.78 is 2.96. The molecule has 0 aliphatic carbocycles. The molecule has 2 rings (SSSR count). The van der Waals surface area contributed by atoms with E-state index in [1.807, 2.05) is 16.3 Å². The number of likely N-dealkylation sites (N-methyl/N-ethyl adjacent to an activating group) is 1. The van der Waals surface area contributed by atoms with E-state index < -0.39 is 0 Å². The average Bonchev–Trinajstić information content (AvgIpc) is 3.00. The fraction of sp³-hybridized carbons (Fsp3) is 0.417. The molecule has 3 N–H and O–H groups in total. The Balaban J connectivity index is 2.29. The molecule has 0 radical (unpaired) electrons. The van der Waals surface area contributed by atoms with Crippen LogP contribution in [0.4, 0.5) is 0 Å². The van der Waals surface area contributed by atoms with Crippen LogP contribution < -0.4 is 11.3 Å². The van der Waals surface area contributed by atoms with Crippen molar-refractivity contribution in [3.63, 3.8) is 0 Å². The van der Waals surface area contributed by atoms with Crippen LogP contribution in [0.25, 0.3) is 0 Å². The minimum absolute atomic E-state index is 0.0507. The number of halogens is 1. The summed E-state index contributed by atoms with van der Waals surface area (Å²) in [5.41, 5.74) is 5.09. The van der Waals surface area contributed by atoms with Crippen LogP contribution in [0.15, 0.2) is 27.5 Å².